The summed E-state index contributed by atoms with van der Waals surface area (Å²) in [5.41, 5.74) is 0.963. The number of carboxylic acids is 1. The van der Waals surface area contributed by atoms with Crippen LogP contribution in [0.4, 0.5) is 5.69 Å². The number of anilines is 1. The minimum atomic E-state index is -3.72. The van der Waals surface area contributed by atoms with Crippen LogP contribution >= 0.6 is 0 Å². The molecule has 0 aromatic heterocycles. The Morgan fingerprint density at radius 2 is 1.95 bits per heavy atom. The first-order valence-corrected chi connectivity index (χ1v) is 8.12. The van der Waals surface area contributed by atoms with Gasteiger partial charge in [0.2, 0.25) is 10.0 Å². The van der Waals surface area contributed by atoms with Crippen molar-refractivity contribution in [3.63, 3.8) is 0 Å². The molecule has 116 valence electrons. The van der Waals surface area contributed by atoms with E-state index in [9.17, 15) is 13.2 Å². The van der Waals surface area contributed by atoms with Crippen LogP contribution in [0.1, 0.15) is 0 Å². The fraction of sp³-hybridized carbons (Fsp3) is 0.462. The zero-order valence-electron chi connectivity index (χ0n) is 11.7. The number of benzene rings is 1. The van der Waals surface area contributed by atoms with E-state index >= 15 is 0 Å². The predicted octanol–water partition coefficient (Wildman–Crippen LogP) is 0.232. The maximum atomic E-state index is 11.8. The molecule has 21 heavy (non-hydrogen) atoms. The van der Waals surface area contributed by atoms with Crippen LogP contribution in [0.3, 0.4) is 0 Å². The quantitative estimate of drug-likeness (QED) is 0.837. The summed E-state index contributed by atoms with van der Waals surface area (Å²) in [7, 11) is -2.13. The zero-order valence-corrected chi connectivity index (χ0v) is 12.5. The lowest BCUT2D eigenvalue weighted by Crippen LogP contribution is -2.49. The van der Waals surface area contributed by atoms with Gasteiger partial charge >= 0.3 is 5.97 Å². The molecule has 7 nitrogen and oxygen atoms in total. The summed E-state index contributed by atoms with van der Waals surface area (Å²) >= 11 is 0. The molecule has 0 bridgehead atoms. The van der Waals surface area contributed by atoms with E-state index in [0.29, 0.717) is 13.1 Å². The Labute approximate surface area is 123 Å². The summed E-state index contributed by atoms with van der Waals surface area (Å²) in [6.45, 7) is 1.61. The topological polar surface area (TPSA) is 87.2 Å². The Balaban J connectivity index is 2.01. The lowest BCUT2D eigenvalue weighted by Gasteiger charge is -2.35. The highest BCUT2D eigenvalue weighted by molar-refractivity contribution is 7.89. The monoisotopic (exact) mass is 314 g/mol. The van der Waals surface area contributed by atoms with Crippen molar-refractivity contribution in [2.75, 3.05) is 43.9 Å². The summed E-state index contributed by atoms with van der Waals surface area (Å²) in [5, 5.41) is 8.64. The second kappa shape index (κ2) is 6.31. The van der Waals surface area contributed by atoms with Gasteiger partial charge in [0.1, 0.15) is 5.75 Å². The molecule has 0 aliphatic carbocycles. The predicted molar refractivity (Wildman–Crippen MR) is 78.2 cm³/mol. The van der Waals surface area contributed by atoms with E-state index in [-0.39, 0.29) is 13.1 Å². The fourth-order valence-electron chi connectivity index (χ4n) is 2.28. The molecule has 0 unspecified atom stereocenters. The molecule has 8 heteroatoms. The third kappa shape index (κ3) is 3.85. The molecule has 0 atom stereocenters. The highest BCUT2D eigenvalue weighted by Gasteiger charge is 2.28. The number of rotatable bonds is 5. The van der Waals surface area contributed by atoms with E-state index in [4.69, 9.17) is 9.84 Å². The minimum absolute atomic E-state index is 0.285. The van der Waals surface area contributed by atoms with E-state index in [1.165, 1.54) is 4.31 Å². The number of hydrogen-bond donors (Lipinski definition) is 1. The van der Waals surface area contributed by atoms with Crippen molar-refractivity contribution in [3.8, 4) is 5.75 Å². The Hall–Kier alpha value is -1.80. The van der Waals surface area contributed by atoms with Crippen molar-refractivity contribution < 1.29 is 23.1 Å². The zero-order chi connectivity index (χ0) is 15.5. The molecule has 1 aliphatic heterocycles. The number of sulfonamides is 1. The van der Waals surface area contributed by atoms with Gasteiger partial charge in [-0.2, -0.15) is 4.31 Å². The van der Waals surface area contributed by atoms with Gasteiger partial charge in [0, 0.05) is 37.9 Å². The summed E-state index contributed by atoms with van der Waals surface area (Å²) in [5.74, 6) is -1.44. The third-order valence-electron chi connectivity index (χ3n) is 3.36. The van der Waals surface area contributed by atoms with Gasteiger partial charge in [-0.05, 0) is 12.1 Å². The van der Waals surface area contributed by atoms with Crippen LogP contribution < -0.4 is 9.64 Å². The standard InChI is InChI=1S/C13H18N2O5S/c1-20-12-4-2-3-11(9-12)14-5-7-15(8-6-14)21(18,19)10-13(16)17/h2-4,9H,5-8,10H2,1H3,(H,16,17). The number of ether oxygens (including phenoxy) is 1. The first-order valence-electron chi connectivity index (χ1n) is 6.51. The number of hydrogen-bond acceptors (Lipinski definition) is 5. The molecule has 2 rings (SSSR count). The van der Waals surface area contributed by atoms with E-state index < -0.39 is 21.7 Å². The molecule has 0 amide bonds. The molecule has 1 fully saturated rings. The van der Waals surface area contributed by atoms with Gasteiger partial charge in [0.15, 0.2) is 5.75 Å². The molecule has 1 heterocycles. The SMILES string of the molecule is COc1cccc(N2CCN(S(=O)(=O)CC(=O)O)CC2)c1. The van der Waals surface area contributed by atoms with Crippen LogP contribution in [0.5, 0.6) is 5.75 Å². The third-order valence-corrected chi connectivity index (χ3v) is 5.12. The number of aliphatic carboxylic acids is 1. The van der Waals surface area contributed by atoms with Crippen LogP contribution in [0.15, 0.2) is 24.3 Å². The van der Waals surface area contributed by atoms with Gasteiger partial charge in [-0.3, -0.25) is 4.79 Å². The number of carboxylic acid groups (broad SMARTS) is 1. The fourth-order valence-corrected chi connectivity index (χ4v) is 3.49. The van der Waals surface area contributed by atoms with Gasteiger partial charge in [0.25, 0.3) is 0 Å². The van der Waals surface area contributed by atoms with Crippen molar-refractivity contribution in [3.05, 3.63) is 24.3 Å². The Kier molecular flexibility index (Phi) is 4.69. The van der Waals surface area contributed by atoms with Crippen LogP contribution in [0.2, 0.25) is 0 Å². The van der Waals surface area contributed by atoms with Crippen molar-refractivity contribution in [1.29, 1.82) is 0 Å². The van der Waals surface area contributed by atoms with Crippen LogP contribution in [0.25, 0.3) is 0 Å². The molecule has 0 saturated carbocycles. The molecule has 0 radical (unpaired) electrons. The molecular formula is C13H18N2O5S. The van der Waals surface area contributed by atoms with Crippen molar-refractivity contribution in [2.24, 2.45) is 0 Å². The van der Waals surface area contributed by atoms with Crippen LogP contribution in [-0.2, 0) is 14.8 Å². The van der Waals surface area contributed by atoms with Gasteiger partial charge in [-0.15, -0.1) is 0 Å². The maximum Gasteiger partial charge on any atom is 0.320 e. The number of methoxy groups -OCH3 is 1. The van der Waals surface area contributed by atoms with Crippen LogP contribution in [0, 0.1) is 0 Å². The Bertz CT molecular complexity index is 609. The van der Waals surface area contributed by atoms with Gasteiger partial charge in [-0.1, -0.05) is 6.07 Å². The second-order valence-corrected chi connectivity index (χ2v) is 6.71. The number of piperazine rings is 1. The van der Waals surface area contributed by atoms with Crippen LogP contribution in [-0.4, -0.2) is 62.8 Å². The van der Waals surface area contributed by atoms with Gasteiger partial charge < -0.3 is 14.7 Å². The smallest absolute Gasteiger partial charge is 0.320 e. The maximum absolute atomic E-state index is 11.8. The normalized spacial score (nSPS) is 16.7. The molecule has 1 saturated heterocycles. The molecule has 1 N–H and O–H groups in total. The van der Waals surface area contributed by atoms with Crippen molar-refractivity contribution >= 4 is 21.7 Å². The lowest BCUT2D eigenvalue weighted by atomic mass is 10.2. The number of nitrogens with zero attached hydrogens (tertiary/aromatic N) is 2. The molecule has 1 aromatic carbocycles. The van der Waals surface area contributed by atoms with Gasteiger partial charge in [0.05, 0.1) is 7.11 Å². The molecule has 1 aromatic rings. The van der Waals surface area contributed by atoms with E-state index in [1.807, 2.05) is 24.3 Å². The first-order chi connectivity index (χ1) is 9.92. The summed E-state index contributed by atoms with van der Waals surface area (Å²) in [6.07, 6.45) is 0. The minimum Gasteiger partial charge on any atom is -0.497 e. The first kappa shape index (κ1) is 15.6. The Morgan fingerprint density at radius 1 is 1.29 bits per heavy atom. The summed E-state index contributed by atoms with van der Waals surface area (Å²) in [6, 6.07) is 7.55. The van der Waals surface area contributed by atoms with Gasteiger partial charge in [-0.25, -0.2) is 8.42 Å². The molecule has 0 spiro atoms. The summed E-state index contributed by atoms with van der Waals surface area (Å²) < 4.78 is 30.1. The summed E-state index contributed by atoms with van der Waals surface area (Å²) in [4.78, 5) is 12.6. The van der Waals surface area contributed by atoms with E-state index in [1.54, 1.807) is 7.11 Å². The highest BCUT2D eigenvalue weighted by Crippen LogP contribution is 2.22. The van der Waals surface area contributed by atoms with E-state index in [0.717, 1.165) is 11.4 Å². The van der Waals surface area contributed by atoms with Crippen molar-refractivity contribution in [2.45, 2.75) is 0 Å². The average molecular weight is 314 g/mol. The molecule has 1 aliphatic rings. The second-order valence-electron chi connectivity index (χ2n) is 4.74. The highest BCUT2D eigenvalue weighted by atomic mass is 32.2. The lowest BCUT2D eigenvalue weighted by molar-refractivity contribution is -0.134. The number of carbonyl (C=O) groups is 1. The largest absolute Gasteiger partial charge is 0.497 e. The Morgan fingerprint density at radius 3 is 2.52 bits per heavy atom. The van der Waals surface area contributed by atoms with Crippen molar-refractivity contribution in [1.82, 2.24) is 4.31 Å². The molecular weight excluding hydrogens is 296 g/mol. The average Bonchev–Trinajstić information content (AvgIpc) is 2.46. The van der Waals surface area contributed by atoms with E-state index in [2.05, 4.69) is 4.90 Å².